The Morgan fingerprint density at radius 2 is 2.07 bits per heavy atom. The van der Waals surface area contributed by atoms with Crippen LogP contribution in [0.3, 0.4) is 0 Å². The fourth-order valence-electron chi connectivity index (χ4n) is 3.23. The van der Waals surface area contributed by atoms with Gasteiger partial charge in [-0.05, 0) is 32.8 Å². The van der Waals surface area contributed by atoms with Crippen molar-refractivity contribution in [2.24, 2.45) is 11.7 Å². The first-order valence-corrected chi connectivity index (χ1v) is 8.86. The Morgan fingerprint density at radius 3 is 2.70 bits per heavy atom. The Hall–Kier alpha value is -2.71. The van der Waals surface area contributed by atoms with Crippen LogP contribution in [0.1, 0.15) is 38.1 Å². The summed E-state index contributed by atoms with van der Waals surface area (Å²) in [5.74, 6) is -0.430. The van der Waals surface area contributed by atoms with Gasteiger partial charge in [-0.3, -0.25) is 4.79 Å². The van der Waals surface area contributed by atoms with E-state index in [4.69, 9.17) is 18.3 Å². The standard InChI is InChI=1S/C18H24BN5O3/c1-10-7-23(17(26)27-18(2,3)4)9-13(10)22-15-12(16(20)25)6-21-24-8-11(19)5-14(15)24/h5-6,8,10,13,22H,7,9H2,1-4H3,(H2,20,25)/t10-,13+/m0/s1. The van der Waals surface area contributed by atoms with Gasteiger partial charge in [-0.15, -0.1) is 0 Å². The quantitative estimate of drug-likeness (QED) is 0.783. The summed E-state index contributed by atoms with van der Waals surface area (Å²) in [4.78, 5) is 25.9. The van der Waals surface area contributed by atoms with Crippen LogP contribution >= 0.6 is 0 Å². The topological polar surface area (TPSA) is 102 Å². The summed E-state index contributed by atoms with van der Waals surface area (Å²) in [5, 5.41) is 7.55. The van der Waals surface area contributed by atoms with E-state index in [9.17, 15) is 9.59 Å². The SMILES string of the molecule is [B]c1cc2c(N[C@@H]3CN(C(=O)OC(C)(C)C)C[C@@H]3C)c(C(N)=O)cnn2c1. The fourth-order valence-corrected chi connectivity index (χ4v) is 3.23. The van der Waals surface area contributed by atoms with Crippen molar-refractivity contribution in [3.05, 3.63) is 24.0 Å². The van der Waals surface area contributed by atoms with Gasteiger partial charge in [0.2, 0.25) is 0 Å². The number of carbonyl (C=O) groups is 2. The monoisotopic (exact) mass is 369 g/mol. The number of nitrogens with two attached hydrogens (primary N) is 1. The van der Waals surface area contributed by atoms with Gasteiger partial charge in [0.15, 0.2) is 0 Å². The van der Waals surface area contributed by atoms with Gasteiger partial charge in [-0.1, -0.05) is 12.4 Å². The number of nitrogens with one attached hydrogen (secondary N) is 1. The van der Waals surface area contributed by atoms with Crippen molar-refractivity contribution in [1.29, 1.82) is 0 Å². The van der Waals surface area contributed by atoms with Crippen molar-refractivity contribution in [3.63, 3.8) is 0 Å². The van der Waals surface area contributed by atoms with Crippen molar-refractivity contribution in [3.8, 4) is 0 Å². The number of amides is 2. The highest BCUT2D eigenvalue weighted by atomic mass is 16.6. The number of anilines is 1. The van der Waals surface area contributed by atoms with Gasteiger partial charge < -0.3 is 20.7 Å². The second-order valence-electron chi connectivity index (χ2n) is 8.01. The molecule has 27 heavy (non-hydrogen) atoms. The highest BCUT2D eigenvalue weighted by Crippen LogP contribution is 2.27. The first kappa shape index (κ1) is 19.1. The number of aromatic nitrogens is 2. The molecule has 3 heterocycles. The minimum atomic E-state index is -0.582. The van der Waals surface area contributed by atoms with Gasteiger partial charge in [0, 0.05) is 25.3 Å². The Balaban J connectivity index is 1.86. The zero-order chi connectivity index (χ0) is 19.9. The molecule has 0 bridgehead atoms. The maximum absolute atomic E-state index is 12.4. The fraction of sp³-hybridized carbons (Fsp3) is 0.500. The average molecular weight is 369 g/mol. The summed E-state index contributed by atoms with van der Waals surface area (Å²) >= 11 is 0. The summed E-state index contributed by atoms with van der Waals surface area (Å²) in [6.45, 7) is 8.57. The number of hydrogen-bond acceptors (Lipinski definition) is 5. The van der Waals surface area contributed by atoms with Crippen LogP contribution in [0.25, 0.3) is 5.52 Å². The molecule has 2 aromatic rings. The molecular weight excluding hydrogens is 345 g/mol. The number of fused-ring (bicyclic) bond motifs is 1. The molecule has 2 radical (unpaired) electrons. The summed E-state index contributed by atoms with van der Waals surface area (Å²) in [7, 11) is 5.87. The Bertz CT molecular complexity index is 889. The number of hydrogen-bond donors (Lipinski definition) is 2. The van der Waals surface area contributed by atoms with E-state index in [1.165, 1.54) is 6.20 Å². The molecule has 1 aliphatic rings. The van der Waals surface area contributed by atoms with Crippen LogP contribution in [-0.2, 0) is 4.74 Å². The van der Waals surface area contributed by atoms with E-state index < -0.39 is 11.5 Å². The van der Waals surface area contributed by atoms with Crippen LogP contribution in [0, 0.1) is 5.92 Å². The van der Waals surface area contributed by atoms with Crippen LogP contribution in [0.5, 0.6) is 0 Å². The second-order valence-corrected chi connectivity index (χ2v) is 8.01. The third-order valence-electron chi connectivity index (χ3n) is 4.52. The molecule has 9 heteroatoms. The lowest BCUT2D eigenvalue weighted by Crippen LogP contribution is -2.36. The molecule has 142 valence electrons. The predicted octanol–water partition coefficient (Wildman–Crippen LogP) is 0.894. The molecule has 3 N–H and O–H groups in total. The largest absolute Gasteiger partial charge is 0.444 e. The van der Waals surface area contributed by atoms with Crippen LogP contribution < -0.4 is 16.5 Å². The van der Waals surface area contributed by atoms with Gasteiger partial charge in [0.1, 0.15) is 13.4 Å². The van der Waals surface area contributed by atoms with Gasteiger partial charge in [-0.25, -0.2) is 9.31 Å². The van der Waals surface area contributed by atoms with Crippen LogP contribution in [-0.4, -0.2) is 59.1 Å². The normalized spacial score (nSPS) is 20.1. The molecule has 2 amide bonds. The molecule has 0 unspecified atom stereocenters. The van der Waals surface area contributed by atoms with Crippen molar-refractivity contribution in [2.75, 3.05) is 18.4 Å². The Morgan fingerprint density at radius 1 is 1.37 bits per heavy atom. The molecule has 0 aliphatic carbocycles. The zero-order valence-corrected chi connectivity index (χ0v) is 16.0. The number of likely N-dealkylation sites (tertiary alicyclic amines) is 1. The van der Waals surface area contributed by atoms with E-state index in [0.717, 1.165) is 0 Å². The second kappa shape index (κ2) is 6.79. The highest BCUT2D eigenvalue weighted by molar-refractivity contribution is 6.33. The van der Waals surface area contributed by atoms with Crippen molar-refractivity contribution < 1.29 is 14.3 Å². The summed E-state index contributed by atoms with van der Waals surface area (Å²) in [5.41, 5.74) is 7.01. The maximum Gasteiger partial charge on any atom is 0.410 e. The van der Waals surface area contributed by atoms with E-state index in [-0.39, 0.29) is 23.6 Å². The van der Waals surface area contributed by atoms with Gasteiger partial charge in [0.05, 0.1) is 23.0 Å². The first-order chi connectivity index (χ1) is 12.5. The lowest BCUT2D eigenvalue weighted by Gasteiger charge is -2.24. The van der Waals surface area contributed by atoms with Crippen LogP contribution in [0.2, 0.25) is 0 Å². The molecule has 2 atom stereocenters. The molecule has 0 aromatic carbocycles. The van der Waals surface area contributed by atoms with E-state index in [0.29, 0.717) is 29.8 Å². The van der Waals surface area contributed by atoms with E-state index in [2.05, 4.69) is 10.4 Å². The number of ether oxygens (including phenoxy) is 1. The minimum Gasteiger partial charge on any atom is -0.444 e. The lowest BCUT2D eigenvalue weighted by atomic mass is 10.0. The molecule has 8 nitrogen and oxygen atoms in total. The summed E-state index contributed by atoms with van der Waals surface area (Å²) in [6, 6.07) is 1.66. The highest BCUT2D eigenvalue weighted by Gasteiger charge is 2.35. The first-order valence-electron chi connectivity index (χ1n) is 8.86. The van der Waals surface area contributed by atoms with E-state index in [1.54, 1.807) is 21.7 Å². The predicted molar refractivity (Wildman–Crippen MR) is 103 cm³/mol. The minimum absolute atomic E-state index is 0.0713. The molecule has 1 fully saturated rings. The molecule has 0 saturated carbocycles. The van der Waals surface area contributed by atoms with Gasteiger partial charge in [-0.2, -0.15) is 5.10 Å². The Labute approximate surface area is 159 Å². The average Bonchev–Trinajstić information content (AvgIpc) is 3.08. The number of carbonyl (C=O) groups excluding carboxylic acids is 2. The van der Waals surface area contributed by atoms with Gasteiger partial charge >= 0.3 is 6.09 Å². The van der Waals surface area contributed by atoms with Crippen molar-refractivity contribution in [2.45, 2.75) is 39.3 Å². The third-order valence-corrected chi connectivity index (χ3v) is 4.52. The molecule has 2 aromatic heterocycles. The number of nitrogens with zero attached hydrogens (tertiary/aromatic N) is 3. The zero-order valence-electron chi connectivity index (χ0n) is 16.0. The molecular formula is C18H24BN5O3. The lowest BCUT2D eigenvalue weighted by molar-refractivity contribution is 0.0288. The summed E-state index contributed by atoms with van der Waals surface area (Å²) in [6.07, 6.45) is 2.74. The number of primary amides is 1. The van der Waals surface area contributed by atoms with E-state index >= 15 is 0 Å². The smallest absolute Gasteiger partial charge is 0.410 e. The maximum atomic E-state index is 12.4. The molecule has 1 saturated heterocycles. The van der Waals surface area contributed by atoms with E-state index in [1.807, 2.05) is 27.7 Å². The van der Waals surface area contributed by atoms with Crippen molar-refractivity contribution in [1.82, 2.24) is 14.5 Å². The van der Waals surface area contributed by atoms with Crippen molar-refractivity contribution >= 4 is 36.5 Å². The summed E-state index contributed by atoms with van der Waals surface area (Å²) < 4.78 is 7.05. The van der Waals surface area contributed by atoms with Crippen LogP contribution in [0.15, 0.2) is 18.5 Å². The molecule has 3 rings (SSSR count). The molecule has 1 aliphatic heterocycles. The van der Waals surface area contributed by atoms with Gasteiger partial charge in [0.25, 0.3) is 5.91 Å². The molecule has 0 spiro atoms. The third kappa shape index (κ3) is 4.01. The van der Waals surface area contributed by atoms with Crippen LogP contribution in [0.4, 0.5) is 10.5 Å². The Kier molecular flexibility index (Phi) is 4.80. The number of rotatable bonds is 3.